The van der Waals surface area contributed by atoms with E-state index in [2.05, 4.69) is 10.5 Å². The van der Waals surface area contributed by atoms with Gasteiger partial charge >= 0.3 is 0 Å². The first-order valence-corrected chi connectivity index (χ1v) is 8.78. The molecule has 130 valence electrons. The van der Waals surface area contributed by atoms with Crippen LogP contribution in [-0.4, -0.2) is 37.1 Å². The molecule has 24 heavy (non-hydrogen) atoms. The molecule has 7 heteroatoms. The van der Waals surface area contributed by atoms with Gasteiger partial charge in [0.2, 0.25) is 5.91 Å². The van der Waals surface area contributed by atoms with Gasteiger partial charge in [0.1, 0.15) is 23.9 Å². The number of thioether (sulfide) groups is 1. The lowest BCUT2D eigenvalue weighted by Crippen LogP contribution is -2.29. The minimum absolute atomic E-state index is 0.0130. The van der Waals surface area contributed by atoms with Crippen molar-refractivity contribution in [1.82, 2.24) is 10.5 Å². The van der Waals surface area contributed by atoms with E-state index in [0.29, 0.717) is 18.9 Å². The quantitative estimate of drug-likeness (QED) is 0.701. The van der Waals surface area contributed by atoms with Crippen LogP contribution in [0.2, 0.25) is 0 Å². The molecule has 2 aromatic rings. The van der Waals surface area contributed by atoms with Gasteiger partial charge in [-0.25, -0.2) is 0 Å². The van der Waals surface area contributed by atoms with Gasteiger partial charge in [-0.05, 0) is 26.0 Å². The van der Waals surface area contributed by atoms with E-state index < -0.39 is 0 Å². The zero-order chi connectivity index (χ0) is 17.4. The van der Waals surface area contributed by atoms with Crippen LogP contribution < -0.4 is 14.8 Å². The molecule has 0 aliphatic heterocycles. The summed E-state index contributed by atoms with van der Waals surface area (Å²) in [5.41, 5.74) is 1.95. The first-order valence-electron chi connectivity index (χ1n) is 7.63. The van der Waals surface area contributed by atoms with Crippen LogP contribution >= 0.6 is 11.8 Å². The number of carbonyl (C=O) groups excluding carboxylic acids is 1. The topological polar surface area (TPSA) is 73.6 Å². The van der Waals surface area contributed by atoms with E-state index in [1.807, 2.05) is 32.0 Å². The van der Waals surface area contributed by atoms with E-state index in [0.717, 1.165) is 34.3 Å². The highest BCUT2D eigenvalue weighted by atomic mass is 32.2. The normalized spacial score (nSPS) is 10.5. The number of aryl methyl sites for hydroxylation is 2. The van der Waals surface area contributed by atoms with Gasteiger partial charge in [-0.15, -0.1) is 11.8 Å². The van der Waals surface area contributed by atoms with Crippen molar-refractivity contribution in [2.75, 3.05) is 26.0 Å². The maximum atomic E-state index is 11.8. The second-order valence-corrected chi connectivity index (χ2v) is 6.16. The predicted molar refractivity (Wildman–Crippen MR) is 93.6 cm³/mol. The summed E-state index contributed by atoms with van der Waals surface area (Å²) < 4.78 is 15.8. The van der Waals surface area contributed by atoms with Gasteiger partial charge in [-0.1, -0.05) is 11.2 Å². The largest absolute Gasteiger partial charge is 0.497 e. The second-order valence-electron chi connectivity index (χ2n) is 5.17. The molecule has 2 rings (SSSR count). The Morgan fingerprint density at radius 1 is 1.33 bits per heavy atom. The maximum Gasteiger partial charge on any atom is 0.230 e. The predicted octanol–water partition coefficient (Wildman–Crippen LogP) is 2.73. The van der Waals surface area contributed by atoms with Gasteiger partial charge in [0.25, 0.3) is 0 Å². The Hall–Kier alpha value is -2.15. The monoisotopic (exact) mass is 350 g/mol. The summed E-state index contributed by atoms with van der Waals surface area (Å²) in [5, 5.41) is 6.74. The summed E-state index contributed by atoms with van der Waals surface area (Å²) in [4.78, 5) is 11.8. The van der Waals surface area contributed by atoms with Crippen molar-refractivity contribution in [1.29, 1.82) is 0 Å². The third kappa shape index (κ3) is 5.49. The molecule has 0 fully saturated rings. The molecule has 0 spiro atoms. The molecule has 1 aromatic carbocycles. The van der Waals surface area contributed by atoms with E-state index in [1.165, 1.54) is 11.8 Å². The number of carbonyl (C=O) groups is 1. The molecule has 6 nitrogen and oxygen atoms in total. The van der Waals surface area contributed by atoms with Crippen LogP contribution in [0.25, 0.3) is 0 Å². The Kier molecular flexibility index (Phi) is 6.99. The number of nitrogens with one attached hydrogen (secondary N) is 1. The molecule has 1 aromatic heterocycles. The zero-order valence-corrected chi connectivity index (χ0v) is 14.9. The summed E-state index contributed by atoms with van der Waals surface area (Å²) in [5.74, 6) is 3.37. The lowest BCUT2D eigenvalue weighted by molar-refractivity contribution is -0.118. The van der Waals surface area contributed by atoms with Gasteiger partial charge in [-0.2, -0.15) is 0 Å². The fourth-order valence-electron chi connectivity index (χ4n) is 2.06. The van der Waals surface area contributed by atoms with Crippen LogP contribution in [0.4, 0.5) is 0 Å². The van der Waals surface area contributed by atoms with Gasteiger partial charge in [-0.3, -0.25) is 4.79 Å². The molecule has 1 heterocycles. The van der Waals surface area contributed by atoms with E-state index in [4.69, 9.17) is 14.0 Å². The number of ether oxygens (including phenoxy) is 2. The lowest BCUT2D eigenvalue weighted by atomic mass is 10.2. The molecule has 0 unspecified atom stereocenters. The summed E-state index contributed by atoms with van der Waals surface area (Å²) in [7, 11) is 1.61. The lowest BCUT2D eigenvalue weighted by Gasteiger charge is -2.09. The molecule has 0 bridgehead atoms. The van der Waals surface area contributed by atoms with Crippen LogP contribution in [0.3, 0.4) is 0 Å². The van der Waals surface area contributed by atoms with Gasteiger partial charge in [0, 0.05) is 17.4 Å². The highest BCUT2D eigenvalue weighted by Crippen LogP contribution is 2.19. The third-order valence-electron chi connectivity index (χ3n) is 3.39. The molecule has 0 saturated carbocycles. The van der Waals surface area contributed by atoms with Crippen molar-refractivity contribution in [3.63, 3.8) is 0 Å². The number of benzene rings is 1. The van der Waals surface area contributed by atoms with Crippen molar-refractivity contribution >= 4 is 17.7 Å². The van der Waals surface area contributed by atoms with Gasteiger partial charge in [0.15, 0.2) is 0 Å². The van der Waals surface area contributed by atoms with E-state index in [-0.39, 0.29) is 5.91 Å². The zero-order valence-electron chi connectivity index (χ0n) is 14.1. The Morgan fingerprint density at radius 2 is 2.12 bits per heavy atom. The number of aromatic nitrogens is 1. The summed E-state index contributed by atoms with van der Waals surface area (Å²) in [6, 6.07) is 7.37. The average Bonchev–Trinajstić information content (AvgIpc) is 2.91. The highest BCUT2D eigenvalue weighted by molar-refractivity contribution is 7.99. The molecule has 0 aliphatic carbocycles. The maximum absolute atomic E-state index is 11.8. The SMILES string of the molecule is COc1cccc(OCCNC(=O)CSCc2c(C)noc2C)c1. The van der Waals surface area contributed by atoms with Crippen molar-refractivity contribution < 1.29 is 18.8 Å². The molecule has 0 saturated heterocycles. The Labute approximate surface area is 145 Å². The van der Waals surface area contributed by atoms with Crippen LogP contribution in [0.1, 0.15) is 17.0 Å². The number of rotatable bonds is 9. The smallest absolute Gasteiger partial charge is 0.230 e. The van der Waals surface area contributed by atoms with E-state index in [1.54, 1.807) is 13.2 Å². The van der Waals surface area contributed by atoms with Gasteiger partial charge < -0.3 is 19.3 Å². The highest BCUT2D eigenvalue weighted by Gasteiger charge is 2.10. The minimum Gasteiger partial charge on any atom is -0.497 e. The first kappa shape index (κ1) is 18.2. The second kappa shape index (κ2) is 9.22. The molecule has 0 atom stereocenters. The summed E-state index contributed by atoms with van der Waals surface area (Å²) in [6.45, 7) is 4.66. The van der Waals surface area contributed by atoms with Crippen molar-refractivity contribution in [3.8, 4) is 11.5 Å². The minimum atomic E-state index is -0.0130. The summed E-state index contributed by atoms with van der Waals surface area (Å²) in [6.07, 6.45) is 0. The van der Waals surface area contributed by atoms with Crippen LogP contribution in [0.15, 0.2) is 28.8 Å². The van der Waals surface area contributed by atoms with Crippen LogP contribution in [0.5, 0.6) is 11.5 Å². The summed E-state index contributed by atoms with van der Waals surface area (Å²) >= 11 is 1.54. The molecular formula is C17H22N2O4S. The number of methoxy groups -OCH3 is 1. The Balaban J connectivity index is 1.61. The first-order chi connectivity index (χ1) is 11.6. The van der Waals surface area contributed by atoms with Crippen LogP contribution in [-0.2, 0) is 10.5 Å². The van der Waals surface area contributed by atoms with Gasteiger partial charge in [0.05, 0.1) is 25.1 Å². The number of amides is 1. The van der Waals surface area contributed by atoms with Crippen molar-refractivity contribution in [3.05, 3.63) is 41.3 Å². The molecule has 0 aliphatic rings. The average molecular weight is 350 g/mol. The van der Waals surface area contributed by atoms with E-state index >= 15 is 0 Å². The standard InChI is InChI=1S/C17H22N2O4S/c1-12-16(13(2)23-19-12)10-24-11-17(20)18-7-8-22-15-6-4-5-14(9-15)21-3/h4-6,9H,7-8,10-11H2,1-3H3,(H,18,20). The Morgan fingerprint density at radius 3 is 2.83 bits per heavy atom. The molecular weight excluding hydrogens is 328 g/mol. The molecule has 0 radical (unpaired) electrons. The third-order valence-corrected chi connectivity index (χ3v) is 4.35. The van der Waals surface area contributed by atoms with Crippen molar-refractivity contribution in [2.24, 2.45) is 0 Å². The number of hydrogen-bond acceptors (Lipinski definition) is 6. The number of hydrogen-bond donors (Lipinski definition) is 1. The molecule has 1 amide bonds. The van der Waals surface area contributed by atoms with Crippen LogP contribution in [0, 0.1) is 13.8 Å². The Bertz CT molecular complexity index is 653. The molecule has 1 N–H and O–H groups in total. The number of nitrogens with zero attached hydrogens (tertiary/aromatic N) is 1. The fourth-order valence-corrected chi connectivity index (χ4v) is 3.06. The van der Waals surface area contributed by atoms with Crippen molar-refractivity contribution in [2.45, 2.75) is 19.6 Å². The van der Waals surface area contributed by atoms with E-state index in [9.17, 15) is 4.79 Å². The fraction of sp³-hybridized carbons (Fsp3) is 0.412.